The van der Waals surface area contributed by atoms with Gasteiger partial charge in [0.1, 0.15) is 0 Å². The molecule has 5 heteroatoms. The van der Waals surface area contributed by atoms with E-state index in [-0.39, 0.29) is 11.3 Å². The van der Waals surface area contributed by atoms with Gasteiger partial charge in [0.05, 0.1) is 13.2 Å². The van der Waals surface area contributed by atoms with Crippen LogP contribution in [0.3, 0.4) is 0 Å². The van der Waals surface area contributed by atoms with Gasteiger partial charge in [-0.05, 0) is 19.3 Å². The van der Waals surface area contributed by atoms with E-state index in [0.717, 1.165) is 50.7 Å². The number of carbonyl (C=O) groups excluding carboxylic acids is 2. The third kappa shape index (κ3) is 9.65. The van der Waals surface area contributed by atoms with E-state index in [2.05, 4.69) is 6.92 Å². The number of alkyl halides is 1. The maximum Gasteiger partial charge on any atom is 0.331 e. The van der Waals surface area contributed by atoms with Crippen LogP contribution in [-0.2, 0) is 19.1 Å². The summed E-state index contributed by atoms with van der Waals surface area (Å²) >= 11 is 6.21. The van der Waals surface area contributed by atoms with E-state index in [9.17, 15) is 9.59 Å². The van der Waals surface area contributed by atoms with Gasteiger partial charge in [-0.2, -0.15) is 0 Å². The lowest BCUT2D eigenvalue weighted by atomic mass is 9.89. The largest absolute Gasteiger partial charge is 0.463 e. The number of carbonyl (C=O) groups is 2. The van der Waals surface area contributed by atoms with Crippen LogP contribution in [0.2, 0.25) is 0 Å². The third-order valence-corrected chi connectivity index (χ3v) is 4.68. The Morgan fingerprint density at radius 2 is 1.65 bits per heavy atom. The maximum absolute atomic E-state index is 11.6. The van der Waals surface area contributed by atoms with Gasteiger partial charge >= 0.3 is 11.9 Å². The Kier molecular flexibility index (Phi) is 10.8. The zero-order valence-electron chi connectivity index (χ0n) is 14.1. The molecule has 0 aromatic carbocycles. The van der Waals surface area contributed by atoms with Crippen molar-refractivity contribution in [1.29, 1.82) is 0 Å². The summed E-state index contributed by atoms with van der Waals surface area (Å²) in [6.07, 6.45) is 12.0. The minimum absolute atomic E-state index is 0.0817. The number of halogens is 1. The molecule has 0 aromatic heterocycles. The summed E-state index contributed by atoms with van der Waals surface area (Å²) in [5.41, 5.74) is 0. The van der Waals surface area contributed by atoms with Crippen molar-refractivity contribution in [3.63, 3.8) is 0 Å². The maximum atomic E-state index is 11.6. The van der Waals surface area contributed by atoms with Crippen LogP contribution in [0.15, 0.2) is 12.2 Å². The van der Waals surface area contributed by atoms with Gasteiger partial charge in [-0.25, -0.2) is 9.59 Å². The first-order chi connectivity index (χ1) is 11.1. The van der Waals surface area contributed by atoms with E-state index in [4.69, 9.17) is 21.1 Å². The van der Waals surface area contributed by atoms with E-state index in [0.29, 0.717) is 13.2 Å². The minimum Gasteiger partial charge on any atom is -0.463 e. The predicted octanol–water partition coefficient (Wildman–Crippen LogP) is 4.40. The number of ether oxygens (including phenoxy) is 2. The SMILES string of the molecule is CCCCCCCOC(=O)/C=C/C(=O)OCC1CCCCC1Cl. The van der Waals surface area contributed by atoms with Gasteiger partial charge in [-0.15, -0.1) is 11.6 Å². The molecule has 0 aliphatic heterocycles. The normalized spacial score (nSPS) is 21.3. The number of esters is 2. The molecule has 2 unspecified atom stereocenters. The monoisotopic (exact) mass is 344 g/mol. The zero-order chi connectivity index (χ0) is 16.9. The summed E-state index contributed by atoms with van der Waals surface area (Å²) < 4.78 is 10.2. The lowest BCUT2D eigenvalue weighted by Crippen LogP contribution is -2.25. The van der Waals surface area contributed by atoms with E-state index < -0.39 is 11.9 Å². The summed E-state index contributed by atoms with van der Waals surface area (Å²) in [5, 5.41) is 0.0817. The van der Waals surface area contributed by atoms with Crippen LogP contribution in [0.1, 0.15) is 64.7 Å². The first-order valence-electron chi connectivity index (χ1n) is 8.79. The van der Waals surface area contributed by atoms with E-state index in [1.165, 1.54) is 19.3 Å². The number of rotatable bonds is 10. The fraction of sp³-hybridized carbons (Fsp3) is 0.778. The van der Waals surface area contributed by atoms with E-state index in [1.54, 1.807) is 0 Å². The van der Waals surface area contributed by atoms with Gasteiger partial charge < -0.3 is 9.47 Å². The summed E-state index contributed by atoms with van der Waals surface area (Å²) in [4.78, 5) is 23.0. The number of hydrogen-bond donors (Lipinski definition) is 0. The molecule has 1 saturated carbocycles. The van der Waals surface area contributed by atoms with Crippen molar-refractivity contribution in [2.75, 3.05) is 13.2 Å². The van der Waals surface area contributed by atoms with Crippen molar-refractivity contribution in [3.05, 3.63) is 12.2 Å². The van der Waals surface area contributed by atoms with Gasteiger partial charge in [0.15, 0.2) is 0 Å². The molecule has 0 aromatic rings. The molecule has 4 nitrogen and oxygen atoms in total. The molecule has 2 atom stereocenters. The molecule has 0 heterocycles. The highest BCUT2D eigenvalue weighted by molar-refractivity contribution is 6.20. The van der Waals surface area contributed by atoms with Gasteiger partial charge in [0.2, 0.25) is 0 Å². The van der Waals surface area contributed by atoms with Gasteiger partial charge in [-0.3, -0.25) is 0 Å². The molecule has 0 amide bonds. The number of unbranched alkanes of at least 4 members (excludes halogenated alkanes) is 4. The van der Waals surface area contributed by atoms with Crippen LogP contribution in [0.5, 0.6) is 0 Å². The van der Waals surface area contributed by atoms with Crippen molar-refractivity contribution in [2.45, 2.75) is 70.1 Å². The van der Waals surface area contributed by atoms with Gasteiger partial charge in [0, 0.05) is 23.4 Å². The van der Waals surface area contributed by atoms with E-state index in [1.807, 2.05) is 0 Å². The topological polar surface area (TPSA) is 52.6 Å². The zero-order valence-corrected chi connectivity index (χ0v) is 14.9. The molecule has 0 bridgehead atoms. The molecule has 1 fully saturated rings. The van der Waals surface area contributed by atoms with Crippen LogP contribution in [0.4, 0.5) is 0 Å². The molecule has 1 aliphatic carbocycles. The van der Waals surface area contributed by atoms with Crippen LogP contribution < -0.4 is 0 Å². The molecule has 132 valence electrons. The number of hydrogen-bond acceptors (Lipinski definition) is 4. The third-order valence-electron chi connectivity index (χ3n) is 4.10. The average Bonchev–Trinajstić information content (AvgIpc) is 2.55. The second kappa shape index (κ2) is 12.4. The van der Waals surface area contributed by atoms with Gasteiger partial charge in [0.25, 0.3) is 0 Å². The Hall–Kier alpha value is -1.03. The highest BCUT2D eigenvalue weighted by Gasteiger charge is 2.24. The highest BCUT2D eigenvalue weighted by Crippen LogP contribution is 2.28. The summed E-state index contributed by atoms with van der Waals surface area (Å²) in [6.45, 7) is 2.88. The lowest BCUT2D eigenvalue weighted by Gasteiger charge is -2.26. The lowest BCUT2D eigenvalue weighted by molar-refractivity contribution is -0.141. The summed E-state index contributed by atoms with van der Waals surface area (Å²) in [6, 6.07) is 0. The minimum atomic E-state index is -0.515. The molecule has 1 rings (SSSR count). The van der Waals surface area contributed by atoms with Crippen molar-refractivity contribution in [1.82, 2.24) is 0 Å². The summed E-state index contributed by atoms with van der Waals surface area (Å²) in [7, 11) is 0. The molecule has 23 heavy (non-hydrogen) atoms. The van der Waals surface area contributed by atoms with Crippen LogP contribution in [0, 0.1) is 5.92 Å². The second-order valence-electron chi connectivity index (χ2n) is 6.11. The van der Waals surface area contributed by atoms with Crippen molar-refractivity contribution < 1.29 is 19.1 Å². The predicted molar refractivity (Wildman–Crippen MR) is 91.4 cm³/mol. The Bertz CT molecular complexity index is 381. The van der Waals surface area contributed by atoms with Crippen molar-refractivity contribution in [2.24, 2.45) is 5.92 Å². The summed E-state index contributed by atoms with van der Waals surface area (Å²) in [5.74, 6) is -0.789. The molecule has 0 spiro atoms. The fourth-order valence-electron chi connectivity index (χ4n) is 2.65. The standard InChI is InChI=1S/C18H29ClO4/c1-2-3-4-5-8-13-22-17(20)11-12-18(21)23-14-15-9-6-7-10-16(15)19/h11-12,15-16H,2-10,13-14H2,1H3/b12-11+. The molecular weight excluding hydrogens is 316 g/mol. The Morgan fingerprint density at radius 1 is 1.00 bits per heavy atom. The molecule has 0 N–H and O–H groups in total. The second-order valence-corrected chi connectivity index (χ2v) is 6.67. The van der Waals surface area contributed by atoms with E-state index >= 15 is 0 Å². The molecule has 1 aliphatic rings. The van der Waals surface area contributed by atoms with Crippen molar-refractivity contribution >= 4 is 23.5 Å². The van der Waals surface area contributed by atoms with Crippen LogP contribution in [-0.4, -0.2) is 30.5 Å². The van der Waals surface area contributed by atoms with Gasteiger partial charge in [-0.1, -0.05) is 45.4 Å². The average molecular weight is 345 g/mol. The van der Waals surface area contributed by atoms with Crippen molar-refractivity contribution in [3.8, 4) is 0 Å². The Labute approximate surface area is 144 Å². The first kappa shape index (κ1) is 20.0. The molecule has 0 saturated heterocycles. The fourth-order valence-corrected chi connectivity index (χ4v) is 3.00. The highest BCUT2D eigenvalue weighted by atomic mass is 35.5. The van der Waals surface area contributed by atoms with Crippen LogP contribution >= 0.6 is 11.6 Å². The smallest absolute Gasteiger partial charge is 0.331 e. The van der Waals surface area contributed by atoms with Crippen LogP contribution in [0.25, 0.3) is 0 Å². The molecule has 0 radical (unpaired) electrons. The Balaban J connectivity index is 2.10. The Morgan fingerprint density at radius 3 is 2.35 bits per heavy atom. The molecular formula is C18H29ClO4. The first-order valence-corrected chi connectivity index (χ1v) is 9.22. The quantitative estimate of drug-likeness (QED) is 0.255.